The SMILES string of the molecule is CC(NS(=O)(=O)c1ccc(C#N)c(Cl)c1)c1ccc(NC(=O)C2CC2)cc1. The van der Waals surface area contributed by atoms with Crippen LogP contribution in [0.3, 0.4) is 0 Å². The van der Waals surface area contributed by atoms with E-state index in [9.17, 15) is 13.2 Å². The molecule has 2 N–H and O–H groups in total. The average Bonchev–Trinajstić information content (AvgIpc) is 3.47. The summed E-state index contributed by atoms with van der Waals surface area (Å²) in [6.07, 6.45) is 1.87. The molecule has 1 saturated carbocycles. The van der Waals surface area contributed by atoms with Crippen LogP contribution in [0.1, 0.15) is 36.9 Å². The van der Waals surface area contributed by atoms with Crippen molar-refractivity contribution in [3.05, 3.63) is 58.6 Å². The lowest BCUT2D eigenvalue weighted by Gasteiger charge is -2.15. The van der Waals surface area contributed by atoms with Gasteiger partial charge in [0.2, 0.25) is 15.9 Å². The Bertz CT molecular complexity index is 1010. The number of carbonyl (C=O) groups is 1. The minimum Gasteiger partial charge on any atom is -0.326 e. The van der Waals surface area contributed by atoms with Gasteiger partial charge >= 0.3 is 0 Å². The van der Waals surface area contributed by atoms with Gasteiger partial charge in [-0.15, -0.1) is 0 Å². The van der Waals surface area contributed by atoms with Gasteiger partial charge in [-0.3, -0.25) is 4.79 Å². The normalized spacial score (nSPS) is 15.0. The maximum absolute atomic E-state index is 12.6. The number of hydrogen-bond donors (Lipinski definition) is 2. The minimum atomic E-state index is -3.80. The van der Waals surface area contributed by atoms with Gasteiger partial charge in [-0.25, -0.2) is 13.1 Å². The van der Waals surface area contributed by atoms with Crippen molar-refractivity contribution in [1.29, 1.82) is 5.26 Å². The summed E-state index contributed by atoms with van der Waals surface area (Å²) in [5, 5.41) is 11.8. The van der Waals surface area contributed by atoms with Crippen LogP contribution in [0.2, 0.25) is 5.02 Å². The fraction of sp³-hybridized carbons (Fsp3) is 0.263. The second-order valence-electron chi connectivity index (χ2n) is 6.48. The fourth-order valence-electron chi connectivity index (χ4n) is 2.57. The van der Waals surface area contributed by atoms with E-state index in [0.29, 0.717) is 5.69 Å². The number of hydrogen-bond acceptors (Lipinski definition) is 4. The van der Waals surface area contributed by atoms with Gasteiger partial charge in [0.05, 0.1) is 15.5 Å². The third-order valence-electron chi connectivity index (χ3n) is 4.33. The van der Waals surface area contributed by atoms with Crippen molar-refractivity contribution in [2.24, 2.45) is 5.92 Å². The van der Waals surface area contributed by atoms with Crippen molar-refractivity contribution < 1.29 is 13.2 Å². The molecule has 0 bridgehead atoms. The molecule has 0 spiro atoms. The number of anilines is 1. The molecule has 1 atom stereocenters. The third kappa shape index (κ3) is 4.66. The smallest absolute Gasteiger partial charge is 0.241 e. The topological polar surface area (TPSA) is 99.1 Å². The highest BCUT2D eigenvalue weighted by Crippen LogP contribution is 2.30. The van der Waals surface area contributed by atoms with E-state index in [0.717, 1.165) is 18.4 Å². The molecule has 1 aliphatic carbocycles. The van der Waals surface area contributed by atoms with Crippen molar-refractivity contribution in [1.82, 2.24) is 4.72 Å². The third-order valence-corrected chi connectivity index (χ3v) is 6.18. The maximum Gasteiger partial charge on any atom is 0.241 e. The highest BCUT2D eigenvalue weighted by Gasteiger charge is 2.29. The summed E-state index contributed by atoms with van der Waals surface area (Å²) in [5.74, 6) is 0.142. The number of rotatable bonds is 6. The fourth-order valence-corrected chi connectivity index (χ4v) is 4.11. The van der Waals surface area contributed by atoms with Gasteiger partial charge in [0.15, 0.2) is 0 Å². The summed E-state index contributed by atoms with van der Waals surface area (Å²) in [6, 6.07) is 12.4. The molecule has 1 unspecified atom stereocenters. The number of amides is 1. The van der Waals surface area contributed by atoms with E-state index in [-0.39, 0.29) is 27.3 Å². The zero-order valence-corrected chi connectivity index (χ0v) is 16.1. The Balaban J connectivity index is 1.70. The molecule has 1 aliphatic rings. The Morgan fingerprint density at radius 1 is 1.22 bits per heavy atom. The number of nitrogens with zero attached hydrogens (tertiary/aromatic N) is 1. The Morgan fingerprint density at radius 2 is 1.89 bits per heavy atom. The standard InChI is InChI=1S/C19H18ClN3O3S/c1-12(13-4-7-16(8-5-13)22-19(24)14-2-3-14)23-27(25,26)17-9-6-15(11-21)18(20)10-17/h4-10,12,14,23H,2-3H2,1H3,(H,22,24). The number of nitrogens with one attached hydrogen (secondary N) is 2. The molecule has 2 aromatic carbocycles. The Morgan fingerprint density at radius 3 is 2.44 bits per heavy atom. The van der Waals surface area contributed by atoms with Gasteiger partial charge in [-0.1, -0.05) is 23.7 Å². The molecular formula is C19H18ClN3O3S. The second-order valence-corrected chi connectivity index (χ2v) is 8.60. The lowest BCUT2D eigenvalue weighted by atomic mass is 10.1. The molecule has 0 aliphatic heterocycles. The molecule has 27 heavy (non-hydrogen) atoms. The van der Waals surface area contributed by atoms with Gasteiger partial charge in [0.25, 0.3) is 0 Å². The molecule has 2 aromatic rings. The summed E-state index contributed by atoms with van der Waals surface area (Å²) in [7, 11) is -3.80. The first kappa shape index (κ1) is 19.4. The number of benzene rings is 2. The van der Waals surface area contributed by atoms with E-state index in [4.69, 9.17) is 16.9 Å². The first-order valence-electron chi connectivity index (χ1n) is 8.43. The summed E-state index contributed by atoms with van der Waals surface area (Å²) in [4.78, 5) is 11.8. The summed E-state index contributed by atoms with van der Waals surface area (Å²) >= 11 is 5.93. The van der Waals surface area contributed by atoms with Crippen molar-refractivity contribution in [3.63, 3.8) is 0 Å². The van der Waals surface area contributed by atoms with E-state index in [2.05, 4.69) is 10.0 Å². The lowest BCUT2D eigenvalue weighted by Crippen LogP contribution is -2.27. The molecule has 3 rings (SSSR count). The quantitative estimate of drug-likeness (QED) is 0.769. The van der Waals surface area contributed by atoms with Crippen LogP contribution in [0.15, 0.2) is 47.4 Å². The zero-order valence-electron chi connectivity index (χ0n) is 14.6. The molecule has 1 fully saturated rings. The van der Waals surface area contributed by atoms with Gasteiger partial charge in [0, 0.05) is 17.6 Å². The van der Waals surface area contributed by atoms with Gasteiger partial charge in [0.1, 0.15) is 6.07 Å². The molecule has 1 amide bonds. The van der Waals surface area contributed by atoms with E-state index < -0.39 is 16.1 Å². The molecule has 140 valence electrons. The van der Waals surface area contributed by atoms with Gasteiger partial charge < -0.3 is 5.32 Å². The van der Waals surface area contributed by atoms with Crippen LogP contribution in [0, 0.1) is 17.2 Å². The van der Waals surface area contributed by atoms with Crippen molar-refractivity contribution in [2.75, 3.05) is 5.32 Å². The number of halogens is 1. The maximum atomic E-state index is 12.6. The number of sulfonamides is 1. The molecule has 0 saturated heterocycles. The van der Waals surface area contributed by atoms with Crippen LogP contribution in [-0.4, -0.2) is 14.3 Å². The largest absolute Gasteiger partial charge is 0.326 e. The summed E-state index contributed by atoms with van der Waals surface area (Å²) in [5.41, 5.74) is 1.65. The Hall–Kier alpha value is -2.40. The average molecular weight is 404 g/mol. The van der Waals surface area contributed by atoms with Crippen LogP contribution in [0.25, 0.3) is 0 Å². The van der Waals surface area contributed by atoms with E-state index >= 15 is 0 Å². The predicted octanol–water partition coefficient (Wildman–Crippen LogP) is 3.60. The lowest BCUT2D eigenvalue weighted by molar-refractivity contribution is -0.117. The first-order valence-corrected chi connectivity index (χ1v) is 10.3. The van der Waals surface area contributed by atoms with E-state index in [1.54, 1.807) is 31.2 Å². The molecule has 6 nitrogen and oxygen atoms in total. The van der Waals surface area contributed by atoms with Crippen molar-refractivity contribution in [2.45, 2.75) is 30.7 Å². The molecular weight excluding hydrogens is 386 g/mol. The van der Waals surface area contributed by atoms with Crippen LogP contribution in [0.4, 0.5) is 5.69 Å². The minimum absolute atomic E-state index is 0.00772. The van der Waals surface area contributed by atoms with Crippen LogP contribution in [0.5, 0.6) is 0 Å². The van der Waals surface area contributed by atoms with E-state index in [1.165, 1.54) is 18.2 Å². The predicted molar refractivity (Wildman–Crippen MR) is 103 cm³/mol. The first-order chi connectivity index (χ1) is 12.8. The van der Waals surface area contributed by atoms with Gasteiger partial charge in [-0.05, 0) is 55.7 Å². The van der Waals surface area contributed by atoms with Crippen molar-refractivity contribution >= 4 is 33.2 Å². The molecule has 8 heteroatoms. The zero-order chi connectivity index (χ0) is 19.6. The molecule has 0 aromatic heterocycles. The molecule has 0 radical (unpaired) electrons. The van der Waals surface area contributed by atoms with Crippen LogP contribution in [-0.2, 0) is 14.8 Å². The number of nitriles is 1. The van der Waals surface area contributed by atoms with Crippen molar-refractivity contribution in [3.8, 4) is 6.07 Å². The van der Waals surface area contributed by atoms with Crippen LogP contribution >= 0.6 is 11.6 Å². The highest BCUT2D eigenvalue weighted by molar-refractivity contribution is 7.89. The monoisotopic (exact) mass is 403 g/mol. The van der Waals surface area contributed by atoms with E-state index in [1.807, 2.05) is 6.07 Å². The molecule has 0 heterocycles. The Kier molecular flexibility index (Phi) is 5.51. The van der Waals surface area contributed by atoms with Gasteiger partial charge in [-0.2, -0.15) is 5.26 Å². The summed E-state index contributed by atoms with van der Waals surface area (Å²) in [6.45, 7) is 1.72. The van der Waals surface area contributed by atoms with Crippen LogP contribution < -0.4 is 10.0 Å². The summed E-state index contributed by atoms with van der Waals surface area (Å²) < 4.78 is 27.7. The highest BCUT2D eigenvalue weighted by atomic mass is 35.5. The Labute approximate surface area is 163 Å². The number of carbonyl (C=O) groups excluding carboxylic acids is 1. The second kappa shape index (κ2) is 7.69.